The van der Waals surface area contributed by atoms with Crippen molar-refractivity contribution >= 4 is 50.7 Å². The summed E-state index contributed by atoms with van der Waals surface area (Å²) in [6, 6.07) is 20.5. The van der Waals surface area contributed by atoms with Crippen LogP contribution in [0.15, 0.2) is 66.7 Å². The predicted octanol–water partition coefficient (Wildman–Crippen LogP) is 5.35. The van der Waals surface area contributed by atoms with E-state index < -0.39 is 6.04 Å². The van der Waals surface area contributed by atoms with Gasteiger partial charge < -0.3 is 5.32 Å². The van der Waals surface area contributed by atoms with Gasteiger partial charge in [-0.25, -0.2) is 9.88 Å². The first-order chi connectivity index (χ1) is 15.5. The van der Waals surface area contributed by atoms with Crippen LogP contribution >= 0.6 is 22.9 Å². The molecule has 2 heterocycles. The molecule has 7 heteroatoms. The maximum Gasteiger partial charge on any atom is 0.251 e. The average Bonchev–Trinajstić information content (AvgIpc) is 3.33. The van der Waals surface area contributed by atoms with E-state index in [1.54, 1.807) is 23.5 Å². The zero-order valence-electron chi connectivity index (χ0n) is 17.3. The lowest BCUT2D eigenvalue weighted by molar-refractivity contribution is -0.121. The van der Waals surface area contributed by atoms with E-state index in [1.165, 1.54) is 10.5 Å². The Hall–Kier alpha value is -3.06. The number of aromatic nitrogens is 1. The number of aryl methyl sites for hydroxylation is 1. The lowest BCUT2D eigenvalue weighted by atomic mass is 10.2. The molecule has 2 amide bonds. The van der Waals surface area contributed by atoms with Crippen molar-refractivity contribution in [2.75, 3.05) is 4.90 Å². The minimum Gasteiger partial charge on any atom is -0.301 e. The third-order valence-corrected chi connectivity index (χ3v) is 6.85. The van der Waals surface area contributed by atoms with E-state index in [0.717, 1.165) is 26.4 Å². The molecule has 0 aliphatic carbocycles. The number of anilines is 1. The van der Waals surface area contributed by atoms with Crippen LogP contribution in [0.3, 0.4) is 0 Å². The number of amides is 2. The Kier molecular flexibility index (Phi) is 5.51. The van der Waals surface area contributed by atoms with Crippen LogP contribution in [0.4, 0.5) is 5.69 Å². The van der Waals surface area contributed by atoms with Crippen molar-refractivity contribution in [3.05, 3.63) is 82.9 Å². The van der Waals surface area contributed by atoms with E-state index in [2.05, 4.69) is 24.4 Å². The molecule has 1 fully saturated rings. The molecule has 1 aliphatic rings. The van der Waals surface area contributed by atoms with Gasteiger partial charge in [0.25, 0.3) is 5.91 Å². The van der Waals surface area contributed by atoms with Crippen LogP contribution < -0.4 is 10.2 Å². The van der Waals surface area contributed by atoms with Gasteiger partial charge >= 0.3 is 0 Å². The molecule has 1 saturated heterocycles. The predicted molar refractivity (Wildman–Crippen MR) is 129 cm³/mol. The number of fused-ring (bicyclic) bond motifs is 1. The fraction of sp³-hybridized carbons (Fsp3) is 0.160. The molecule has 160 valence electrons. The fourth-order valence-corrected chi connectivity index (χ4v) is 5.01. The Morgan fingerprint density at radius 1 is 1.06 bits per heavy atom. The first-order valence-electron chi connectivity index (χ1n) is 10.3. The van der Waals surface area contributed by atoms with Crippen LogP contribution in [-0.2, 0) is 16.1 Å². The van der Waals surface area contributed by atoms with Gasteiger partial charge in [-0.05, 0) is 66.6 Å². The zero-order valence-corrected chi connectivity index (χ0v) is 18.9. The summed E-state index contributed by atoms with van der Waals surface area (Å²) in [5, 5.41) is 4.77. The highest BCUT2D eigenvalue weighted by Gasteiger charge is 2.39. The van der Waals surface area contributed by atoms with E-state index >= 15 is 0 Å². The average molecular weight is 462 g/mol. The van der Waals surface area contributed by atoms with Crippen LogP contribution in [0.5, 0.6) is 0 Å². The summed E-state index contributed by atoms with van der Waals surface area (Å²) in [5.74, 6) is -0.431. The van der Waals surface area contributed by atoms with Crippen LogP contribution in [0, 0.1) is 6.92 Å². The molecule has 1 N–H and O–H groups in total. The molecule has 0 unspecified atom stereocenters. The maximum atomic E-state index is 12.9. The van der Waals surface area contributed by atoms with E-state index in [-0.39, 0.29) is 18.2 Å². The summed E-state index contributed by atoms with van der Waals surface area (Å²) < 4.78 is 1.14. The molecule has 0 saturated carbocycles. The Bertz CT molecular complexity index is 1320. The molecule has 0 bridgehead atoms. The molecular weight excluding hydrogens is 442 g/mol. The van der Waals surface area contributed by atoms with Gasteiger partial charge in [0.2, 0.25) is 5.91 Å². The number of benzene rings is 3. The van der Waals surface area contributed by atoms with E-state index in [9.17, 15) is 9.59 Å². The van der Waals surface area contributed by atoms with Gasteiger partial charge in [0.1, 0.15) is 5.01 Å². The second-order valence-electron chi connectivity index (χ2n) is 7.87. The summed E-state index contributed by atoms with van der Waals surface area (Å²) in [6.07, 6.45) is 0.144. The number of carbonyl (C=O) groups excluding carboxylic acids is 2. The van der Waals surface area contributed by atoms with Crippen LogP contribution in [0.25, 0.3) is 20.8 Å². The van der Waals surface area contributed by atoms with Crippen molar-refractivity contribution in [2.45, 2.75) is 25.9 Å². The van der Waals surface area contributed by atoms with Crippen molar-refractivity contribution in [3.8, 4) is 10.6 Å². The minimum atomic E-state index is -0.537. The highest BCUT2D eigenvalue weighted by Crippen LogP contribution is 2.32. The van der Waals surface area contributed by atoms with Gasteiger partial charge in [0.05, 0.1) is 28.4 Å². The van der Waals surface area contributed by atoms with Crippen molar-refractivity contribution < 1.29 is 9.59 Å². The minimum absolute atomic E-state index is 0.144. The topological polar surface area (TPSA) is 62.3 Å². The highest BCUT2D eigenvalue weighted by molar-refractivity contribution is 7.21. The highest BCUT2D eigenvalue weighted by atomic mass is 35.5. The van der Waals surface area contributed by atoms with E-state index in [1.807, 2.05) is 42.5 Å². The first-order valence-corrected chi connectivity index (χ1v) is 11.5. The molecule has 1 aromatic heterocycles. The number of imide groups is 1. The van der Waals surface area contributed by atoms with Gasteiger partial charge in [-0.3, -0.25) is 9.59 Å². The Balaban J connectivity index is 1.31. The molecule has 4 aromatic rings. The van der Waals surface area contributed by atoms with Gasteiger partial charge in [0.15, 0.2) is 0 Å². The fourth-order valence-electron chi connectivity index (χ4n) is 3.81. The smallest absolute Gasteiger partial charge is 0.251 e. The molecule has 0 radical (unpaired) electrons. The Morgan fingerprint density at radius 3 is 2.56 bits per heavy atom. The molecule has 32 heavy (non-hydrogen) atoms. The van der Waals surface area contributed by atoms with E-state index in [4.69, 9.17) is 16.6 Å². The normalized spacial score (nSPS) is 16.3. The third-order valence-electron chi connectivity index (χ3n) is 5.53. The summed E-state index contributed by atoms with van der Waals surface area (Å²) in [6.45, 7) is 2.56. The number of hydrogen-bond donors (Lipinski definition) is 1. The molecule has 1 aliphatic heterocycles. The number of nitrogens with one attached hydrogen (secondary N) is 1. The van der Waals surface area contributed by atoms with Crippen LogP contribution in [-0.4, -0.2) is 22.8 Å². The lowest BCUT2D eigenvalue weighted by Crippen LogP contribution is -2.38. The summed E-state index contributed by atoms with van der Waals surface area (Å²) in [5.41, 5.74) is 4.72. The molecule has 5 rings (SSSR count). The second-order valence-corrected chi connectivity index (χ2v) is 9.34. The number of thiazole rings is 1. The van der Waals surface area contributed by atoms with Gasteiger partial charge in [-0.1, -0.05) is 29.8 Å². The number of halogens is 1. The molecule has 5 nitrogen and oxygen atoms in total. The van der Waals surface area contributed by atoms with Gasteiger partial charge in [-0.2, -0.15) is 0 Å². The zero-order chi connectivity index (χ0) is 22.2. The standard InChI is InChI=1S/C25H20ClN3O2S/c1-15-2-11-20-22(12-15)32-24(28-20)17-5-9-19(10-6-17)29-23(30)13-21(25(29)31)27-14-16-3-7-18(26)8-4-16/h2-12,21,27H,13-14H2,1H3/t21-/m1/s1. The second kappa shape index (κ2) is 8.47. The maximum absolute atomic E-state index is 12.9. The molecule has 3 aromatic carbocycles. The number of rotatable bonds is 5. The quantitative estimate of drug-likeness (QED) is 0.407. The lowest BCUT2D eigenvalue weighted by Gasteiger charge is -2.16. The molecule has 0 spiro atoms. The SMILES string of the molecule is Cc1ccc2nc(-c3ccc(N4C(=O)C[C@@H](NCc5ccc(Cl)cc5)C4=O)cc3)sc2c1. The summed E-state index contributed by atoms with van der Waals surface area (Å²) in [4.78, 5) is 31.5. The van der Waals surface area contributed by atoms with Crippen molar-refractivity contribution in [3.63, 3.8) is 0 Å². The number of hydrogen-bond acceptors (Lipinski definition) is 5. The Labute approximate surface area is 194 Å². The first kappa shape index (κ1) is 20.8. The largest absolute Gasteiger partial charge is 0.301 e. The van der Waals surface area contributed by atoms with Crippen molar-refractivity contribution in [1.82, 2.24) is 10.3 Å². The van der Waals surface area contributed by atoms with E-state index in [0.29, 0.717) is 17.3 Å². The summed E-state index contributed by atoms with van der Waals surface area (Å²) >= 11 is 7.55. The summed E-state index contributed by atoms with van der Waals surface area (Å²) in [7, 11) is 0. The molecular formula is C25H20ClN3O2S. The number of carbonyl (C=O) groups is 2. The molecule has 1 atom stereocenters. The number of nitrogens with zero attached hydrogens (tertiary/aromatic N) is 2. The van der Waals surface area contributed by atoms with Crippen molar-refractivity contribution in [1.29, 1.82) is 0 Å². The monoisotopic (exact) mass is 461 g/mol. The Morgan fingerprint density at radius 2 is 1.81 bits per heavy atom. The van der Waals surface area contributed by atoms with Crippen LogP contribution in [0.2, 0.25) is 5.02 Å². The van der Waals surface area contributed by atoms with Gasteiger partial charge in [0, 0.05) is 17.1 Å². The van der Waals surface area contributed by atoms with Gasteiger partial charge in [-0.15, -0.1) is 11.3 Å². The van der Waals surface area contributed by atoms with Crippen molar-refractivity contribution in [2.24, 2.45) is 0 Å². The van der Waals surface area contributed by atoms with Crippen LogP contribution in [0.1, 0.15) is 17.5 Å². The third kappa shape index (κ3) is 4.05.